The molecular weight excluding hydrogens is 509 g/mol. The fraction of sp³-hybridized carbons (Fsp3) is 0.238. The minimum atomic E-state index is -0.540. The number of hydrogen-bond acceptors (Lipinski definition) is 6. The average molecular weight is 529 g/mol. The Morgan fingerprint density at radius 3 is 2.81 bits per heavy atom. The van der Waals surface area contributed by atoms with Crippen LogP contribution >= 0.6 is 22.6 Å². The van der Waals surface area contributed by atoms with E-state index in [0.717, 1.165) is 15.1 Å². The summed E-state index contributed by atoms with van der Waals surface area (Å²) in [5, 5.41) is 16.1. The van der Waals surface area contributed by atoms with E-state index in [1.54, 1.807) is 16.8 Å². The fourth-order valence-corrected chi connectivity index (χ4v) is 4.09. The van der Waals surface area contributed by atoms with E-state index in [-0.39, 0.29) is 5.70 Å². The van der Waals surface area contributed by atoms with Gasteiger partial charge < -0.3 is 16.0 Å². The molecule has 9 nitrogen and oxygen atoms in total. The van der Waals surface area contributed by atoms with Gasteiger partial charge in [0, 0.05) is 26.9 Å². The molecule has 10 heteroatoms. The molecule has 2 aromatic heterocycles. The second kappa shape index (κ2) is 7.84. The highest BCUT2D eigenvalue weighted by Crippen LogP contribution is 2.34. The van der Waals surface area contributed by atoms with Gasteiger partial charge in [-0.15, -0.1) is 0 Å². The fourth-order valence-electron chi connectivity index (χ4n) is 3.55. The third-order valence-corrected chi connectivity index (χ3v) is 5.99. The third kappa shape index (κ3) is 4.20. The van der Waals surface area contributed by atoms with Crippen LogP contribution in [0.2, 0.25) is 0 Å². The molecule has 1 saturated heterocycles. The molecule has 1 aliphatic carbocycles. The Morgan fingerprint density at radius 2 is 2.10 bits per heavy atom. The van der Waals surface area contributed by atoms with Crippen molar-refractivity contribution < 1.29 is 9.59 Å². The zero-order valence-electron chi connectivity index (χ0n) is 16.6. The van der Waals surface area contributed by atoms with Gasteiger partial charge >= 0.3 is 6.03 Å². The summed E-state index contributed by atoms with van der Waals surface area (Å²) < 4.78 is 2.84. The van der Waals surface area contributed by atoms with Gasteiger partial charge in [0.25, 0.3) is 5.91 Å². The lowest BCUT2D eigenvalue weighted by Crippen LogP contribution is -2.22. The van der Waals surface area contributed by atoms with Crippen LogP contribution in [0.1, 0.15) is 25.3 Å². The van der Waals surface area contributed by atoms with E-state index in [9.17, 15) is 9.59 Å². The Labute approximate surface area is 191 Å². The Morgan fingerprint density at radius 1 is 1.26 bits per heavy atom. The maximum absolute atomic E-state index is 11.9. The molecule has 0 spiro atoms. The molecule has 5 rings (SSSR count). The van der Waals surface area contributed by atoms with E-state index in [1.165, 1.54) is 12.8 Å². The normalized spacial score (nSPS) is 18.2. The molecule has 1 aromatic carbocycles. The van der Waals surface area contributed by atoms with Crippen LogP contribution < -0.4 is 21.3 Å². The summed E-state index contributed by atoms with van der Waals surface area (Å²) in [6, 6.07) is 9.71. The summed E-state index contributed by atoms with van der Waals surface area (Å²) in [6.45, 7) is 2.17. The molecule has 0 unspecified atom stereocenters. The molecule has 1 atom stereocenters. The number of aromatic nitrogens is 3. The number of halogens is 1. The number of urea groups is 1. The van der Waals surface area contributed by atoms with E-state index in [4.69, 9.17) is 4.98 Å². The summed E-state index contributed by atoms with van der Waals surface area (Å²) in [6.07, 6.45) is 5.66. The third-order valence-electron chi connectivity index (χ3n) is 5.32. The van der Waals surface area contributed by atoms with Crippen molar-refractivity contribution in [1.82, 2.24) is 25.2 Å². The first kappa shape index (κ1) is 19.8. The van der Waals surface area contributed by atoms with E-state index in [0.29, 0.717) is 29.0 Å². The lowest BCUT2D eigenvalue weighted by molar-refractivity contribution is -0.115. The lowest BCUT2D eigenvalue weighted by atomic mass is 10.2. The highest BCUT2D eigenvalue weighted by Gasteiger charge is 2.29. The Hall–Kier alpha value is -3.15. The van der Waals surface area contributed by atoms with Crippen LogP contribution in [-0.2, 0) is 4.79 Å². The van der Waals surface area contributed by atoms with Gasteiger partial charge in [-0.3, -0.25) is 10.1 Å². The number of fused-ring (bicyclic) bond motifs is 1. The highest BCUT2D eigenvalue weighted by molar-refractivity contribution is 14.1. The number of amides is 3. The van der Waals surface area contributed by atoms with E-state index in [1.807, 2.05) is 30.3 Å². The molecule has 0 radical (unpaired) electrons. The first-order chi connectivity index (χ1) is 15.0. The maximum atomic E-state index is 11.9. The molecule has 2 fully saturated rings. The number of anilines is 3. The van der Waals surface area contributed by atoms with Gasteiger partial charge in [-0.25, -0.2) is 9.78 Å². The number of carbonyl (C=O) groups is 2. The summed E-state index contributed by atoms with van der Waals surface area (Å²) in [5.74, 6) is 1.64. The van der Waals surface area contributed by atoms with E-state index < -0.39 is 11.9 Å². The highest BCUT2D eigenvalue weighted by atomic mass is 127. The summed E-state index contributed by atoms with van der Waals surface area (Å²) in [5.41, 5.74) is 2.29. The van der Waals surface area contributed by atoms with Gasteiger partial charge in [0.05, 0.1) is 6.20 Å². The minimum absolute atomic E-state index is 0.165. The first-order valence-corrected chi connectivity index (χ1v) is 11.1. The van der Waals surface area contributed by atoms with Crippen molar-refractivity contribution in [3.8, 4) is 0 Å². The van der Waals surface area contributed by atoms with Crippen LogP contribution in [0.15, 0.2) is 42.2 Å². The van der Waals surface area contributed by atoms with Crippen molar-refractivity contribution in [3.05, 3.63) is 51.4 Å². The van der Waals surface area contributed by atoms with Crippen molar-refractivity contribution in [3.63, 3.8) is 0 Å². The van der Waals surface area contributed by atoms with Crippen molar-refractivity contribution in [2.45, 2.75) is 25.8 Å². The number of benzene rings is 1. The number of nitrogens with zero attached hydrogens (tertiary/aromatic N) is 3. The molecular formula is C21H20IN7O2. The molecule has 31 heavy (non-hydrogen) atoms. The Kier molecular flexibility index (Phi) is 5.00. The predicted octanol–water partition coefficient (Wildman–Crippen LogP) is 3.47. The number of imide groups is 1. The monoisotopic (exact) mass is 529 g/mol. The van der Waals surface area contributed by atoms with Gasteiger partial charge in [-0.05, 0) is 72.5 Å². The quantitative estimate of drug-likeness (QED) is 0.221. The number of nitrogens with one attached hydrogen (secondary N) is 4. The molecule has 3 heterocycles. The lowest BCUT2D eigenvalue weighted by Gasteiger charge is -2.17. The Balaban J connectivity index is 1.57. The molecule has 0 bridgehead atoms. The van der Waals surface area contributed by atoms with Crippen molar-refractivity contribution in [2.24, 2.45) is 5.92 Å². The maximum Gasteiger partial charge on any atom is 0.326 e. The summed E-state index contributed by atoms with van der Waals surface area (Å²) in [4.78, 5) is 28.1. The zero-order valence-corrected chi connectivity index (χ0v) is 18.8. The van der Waals surface area contributed by atoms with Crippen molar-refractivity contribution in [1.29, 1.82) is 0 Å². The Bertz CT molecular complexity index is 1230. The second-order valence-corrected chi connectivity index (χ2v) is 8.98. The van der Waals surface area contributed by atoms with Crippen LogP contribution in [0, 0.1) is 9.49 Å². The van der Waals surface area contributed by atoms with Crippen molar-refractivity contribution >= 4 is 63.6 Å². The average Bonchev–Trinajstić information content (AvgIpc) is 3.42. The standard InChI is InChI=1S/C21H20IN7O2/c1-11(12-5-6-12)24-18-9-17(25-15-4-2-3-14(22)8-15)27-19-13(10-23-29(18)19)7-16-20(30)28-21(31)26-16/h2-4,7-12,24H,5-6H2,1H3,(H,25,27)(H2,26,28,30,31)/b16-7-/t11-/m1/s1. The van der Waals surface area contributed by atoms with Crippen LogP contribution in [0.4, 0.5) is 22.1 Å². The molecule has 1 saturated carbocycles. The van der Waals surface area contributed by atoms with Crippen LogP contribution in [0.3, 0.4) is 0 Å². The molecule has 2 aliphatic rings. The van der Waals surface area contributed by atoms with Crippen LogP contribution in [0.25, 0.3) is 11.7 Å². The zero-order chi connectivity index (χ0) is 21.5. The number of hydrogen-bond donors (Lipinski definition) is 4. The van der Waals surface area contributed by atoms with Crippen molar-refractivity contribution in [2.75, 3.05) is 10.6 Å². The van der Waals surface area contributed by atoms with E-state index in [2.05, 4.69) is 55.9 Å². The molecule has 1 aliphatic heterocycles. The van der Waals surface area contributed by atoms with Gasteiger partial charge in [0.15, 0.2) is 5.65 Å². The predicted molar refractivity (Wildman–Crippen MR) is 126 cm³/mol. The molecule has 3 aromatic rings. The summed E-state index contributed by atoms with van der Waals surface area (Å²) in [7, 11) is 0. The van der Waals surface area contributed by atoms with E-state index >= 15 is 0 Å². The molecule has 3 amide bonds. The molecule has 4 N–H and O–H groups in total. The topological polar surface area (TPSA) is 112 Å². The number of carbonyl (C=O) groups excluding carboxylic acids is 2. The molecule has 158 valence electrons. The van der Waals surface area contributed by atoms with Gasteiger partial charge in [0.2, 0.25) is 0 Å². The van der Waals surface area contributed by atoms with Gasteiger partial charge in [-0.2, -0.15) is 9.61 Å². The second-order valence-electron chi connectivity index (χ2n) is 7.73. The SMILES string of the molecule is C[C@@H](Nc1cc(Nc2cccc(I)c2)nc2c(/C=C3\NC(=O)NC3=O)cnn12)C1CC1. The summed E-state index contributed by atoms with van der Waals surface area (Å²) >= 11 is 2.27. The number of rotatable bonds is 6. The van der Waals surface area contributed by atoms with Gasteiger partial charge in [-0.1, -0.05) is 6.07 Å². The van der Waals surface area contributed by atoms with Crippen LogP contribution in [0.5, 0.6) is 0 Å². The van der Waals surface area contributed by atoms with Gasteiger partial charge in [0.1, 0.15) is 17.3 Å². The minimum Gasteiger partial charge on any atom is -0.367 e. The van der Waals surface area contributed by atoms with Crippen LogP contribution in [-0.4, -0.2) is 32.6 Å². The largest absolute Gasteiger partial charge is 0.367 e. The smallest absolute Gasteiger partial charge is 0.326 e. The first-order valence-electron chi connectivity index (χ1n) is 9.98.